The molecular formula is C18H14N2O3. The highest BCUT2D eigenvalue weighted by Gasteiger charge is 2.12. The molecule has 4 rings (SSSR count). The number of nitrogens with zero attached hydrogens (tertiary/aromatic N) is 2. The van der Waals surface area contributed by atoms with Crippen molar-refractivity contribution in [3.63, 3.8) is 0 Å². The van der Waals surface area contributed by atoms with Crippen molar-refractivity contribution in [2.75, 3.05) is 0 Å². The summed E-state index contributed by atoms with van der Waals surface area (Å²) in [7, 11) is 0. The molecule has 23 heavy (non-hydrogen) atoms. The van der Waals surface area contributed by atoms with Gasteiger partial charge in [-0.25, -0.2) is 4.98 Å². The molecule has 2 aromatic heterocycles. The summed E-state index contributed by atoms with van der Waals surface area (Å²) >= 11 is 0. The van der Waals surface area contributed by atoms with E-state index in [2.05, 4.69) is 4.98 Å². The van der Waals surface area contributed by atoms with Crippen LogP contribution in [0.15, 0.2) is 64.1 Å². The molecule has 5 heteroatoms. The molecule has 0 bridgehead atoms. The van der Waals surface area contributed by atoms with Crippen LogP contribution in [0, 0.1) is 0 Å². The van der Waals surface area contributed by atoms with Gasteiger partial charge in [-0.1, -0.05) is 36.4 Å². The van der Waals surface area contributed by atoms with Crippen LogP contribution in [0.2, 0.25) is 0 Å². The van der Waals surface area contributed by atoms with Gasteiger partial charge in [-0.3, -0.25) is 9.36 Å². The Bertz CT molecular complexity index is 1050. The molecule has 0 aliphatic rings. The predicted octanol–water partition coefficient (Wildman–Crippen LogP) is 2.68. The molecular weight excluding hydrogens is 292 g/mol. The number of fused-ring (bicyclic) bond motifs is 3. The van der Waals surface area contributed by atoms with E-state index in [1.165, 1.54) is 4.57 Å². The summed E-state index contributed by atoms with van der Waals surface area (Å²) in [4.78, 5) is 17.0. The topological polar surface area (TPSA) is 68.3 Å². The maximum atomic E-state index is 12.6. The number of aromatic nitrogens is 2. The molecule has 2 heterocycles. The van der Waals surface area contributed by atoms with Crippen LogP contribution in [-0.2, 0) is 13.2 Å². The Morgan fingerprint density at radius 1 is 1.04 bits per heavy atom. The average Bonchev–Trinajstić information content (AvgIpc) is 2.98. The summed E-state index contributed by atoms with van der Waals surface area (Å²) in [6.07, 6.45) is 1.55. The van der Waals surface area contributed by atoms with Gasteiger partial charge in [0, 0.05) is 5.39 Å². The lowest BCUT2D eigenvalue weighted by molar-refractivity contribution is 0.282. The van der Waals surface area contributed by atoms with Gasteiger partial charge in [0.1, 0.15) is 11.1 Å². The van der Waals surface area contributed by atoms with E-state index >= 15 is 0 Å². The van der Waals surface area contributed by atoms with Crippen LogP contribution < -0.4 is 5.56 Å². The highest BCUT2D eigenvalue weighted by atomic mass is 16.3. The van der Waals surface area contributed by atoms with Gasteiger partial charge < -0.3 is 9.52 Å². The van der Waals surface area contributed by atoms with E-state index in [0.29, 0.717) is 17.6 Å². The normalized spacial score (nSPS) is 11.3. The molecule has 4 aromatic rings. The molecule has 2 aromatic carbocycles. The van der Waals surface area contributed by atoms with Crippen LogP contribution in [0.3, 0.4) is 0 Å². The Hall–Kier alpha value is -2.92. The highest BCUT2D eigenvalue weighted by Crippen LogP contribution is 2.24. The molecule has 1 N–H and O–H groups in total. The van der Waals surface area contributed by atoms with Crippen LogP contribution in [0.4, 0.5) is 0 Å². The lowest BCUT2D eigenvalue weighted by atomic mass is 10.1. The van der Waals surface area contributed by atoms with Crippen molar-refractivity contribution in [2.45, 2.75) is 13.2 Å². The Morgan fingerprint density at radius 3 is 2.57 bits per heavy atom. The van der Waals surface area contributed by atoms with E-state index in [-0.39, 0.29) is 17.7 Å². The SMILES string of the molecule is O=c1c2oc3ccccc3c2ncn1Cc1ccc(CO)cc1. The Kier molecular flexibility index (Phi) is 3.20. The summed E-state index contributed by atoms with van der Waals surface area (Å²) in [5.41, 5.74) is 3.14. The smallest absolute Gasteiger partial charge is 0.297 e. The van der Waals surface area contributed by atoms with Crippen LogP contribution in [0.5, 0.6) is 0 Å². The molecule has 0 saturated carbocycles. The van der Waals surface area contributed by atoms with Crippen LogP contribution >= 0.6 is 0 Å². The Labute approximate surface area is 131 Å². The van der Waals surface area contributed by atoms with Crippen molar-refractivity contribution in [1.82, 2.24) is 9.55 Å². The first kappa shape index (κ1) is 13.7. The molecule has 0 atom stereocenters. The minimum absolute atomic E-state index is 0.00667. The van der Waals surface area contributed by atoms with Gasteiger partial charge in [-0.15, -0.1) is 0 Å². The van der Waals surface area contributed by atoms with Gasteiger partial charge in [-0.2, -0.15) is 0 Å². The van der Waals surface area contributed by atoms with Gasteiger partial charge >= 0.3 is 0 Å². The number of rotatable bonds is 3. The van der Waals surface area contributed by atoms with E-state index in [4.69, 9.17) is 9.52 Å². The maximum absolute atomic E-state index is 12.6. The lowest BCUT2D eigenvalue weighted by Crippen LogP contribution is -2.20. The number of benzene rings is 2. The van der Waals surface area contributed by atoms with Crippen molar-refractivity contribution in [2.24, 2.45) is 0 Å². The quantitative estimate of drug-likeness (QED) is 0.632. The minimum Gasteiger partial charge on any atom is -0.448 e. The summed E-state index contributed by atoms with van der Waals surface area (Å²) < 4.78 is 7.20. The molecule has 0 unspecified atom stereocenters. The van der Waals surface area contributed by atoms with Crippen LogP contribution in [-0.4, -0.2) is 14.7 Å². The molecule has 5 nitrogen and oxygen atoms in total. The first-order valence-electron chi connectivity index (χ1n) is 7.31. The fourth-order valence-corrected chi connectivity index (χ4v) is 2.67. The molecule has 0 fully saturated rings. The number of hydrogen-bond acceptors (Lipinski definition) is 4. The van der Waals surface area contributed by atoms with Gasteiger partial charge in [0.05, 0.1) is 19.5 Å². The average molecular weight is 306 g/mol. The number of aliphatic hydroxyl groups is 1. The highest BCUT2D eigenvalue weighted by molar-refractivity contribution is 6.01. The Balaban J connectivity index is 1.79. The fraction of sp³-hybridized carbons (Fsp3) is 0.111. The summed E-state index contributed by atoms with van der Waals surface area (Å²) in [5.74, 6) is 0. The number of furan rings is 1. The molecule has 0 radical (unpaired) electrons. The van der Waals surface area contributed by atoms with Crippen molar-refractivity contribution < 1.29 is 9.52 Å². The maximum Gasteiger partial charge on any atom is 0.297 e. The van der Waals surface area contributed by atoms with E-state index in [0.717, 1.165) is 16.5 Å². The largest absolute Gasteiger partial charge is 0.448 e. The number of aliphatic hydroxyl groups excluding tert-OH is 1. The van der Waals surface area contributed by atoms with Crippen LogP contribution in [0.1, 0.15) is 11.1 Å². The van der Waals surface area contributed by atoms with Gasteiger partial charge in [0.25, 0.3) is 5.56 Å². The van der Waals surface area contributed by atoms with Crippen molar-refractivity contribution in [1.29, 1.82) is 0 Å². The second-order valence-electron chi connectivity index (χ2n) is 5.43. The third-order valence-corrected chi connectivity index (χ3v) is 3.91. The zero-order chi connectivity index (χ0) is 15.8. The standard InChI is InChI=1S/C18H14N2O3/c21-10-13-7-5-12(6-8-13)9-20-11-19-16-14-3-1-2-4-15(14)23-17(16)18(20)22/h1-8,11,21H,9-10H2. The monoisotopic (exact) mass is 306 g/mol. The van der Waals surface area contributed by atoms with E-state index in [1.807, 2.05) is 48.5 Å². The van der Waals surface area contributed by atoms with Gasteiger partial charge in [0.15, 0.2) is 0 Å². The van der Waals surface area contributed by atoms with E-state index in [1.54, 1.807) is 6.33 Å². The zero-order valence-corrected chi connectivity index (χ0v) is 12.3. The molecule has 114 valence electrons. The summed E-state index contributed by atoms with van der Waals surface area (Å²) in [5, 5.41) is 9.92. The second-order valence-corrected chi connectivity index (χ2v) is 5.43. The molecule has 0 spiro atoms. The van der Waals surface area contributed by atoms with Crippen molar-refractivity contribution >= 4 is 22.1 Å². The fourth-order valence-electron chi connectivity index (χ4n) is 2.67. The molecule has 0 saturated heterocycles. The first-order chi connectivity index (χ1) is 11.3. The first-order valence-corrected chi connectivity index (χ1v) is 7.31. The number of para-hydroxylation sites is 1. The molecule has 0 aliphatic heterocycles. The lowest BCUT2D eigenvalue weighted by Gasteiger charge is -2.05. The third-order valence-electron chi connectivity index (χ3n) is 3.91. The number of hydrogen-bond donors (Lipinski definition) is 1. The molecule has 0 amide bonds. The van der Waals surface area contributed by atoms with Gasteiger partial charge in [0.2, 0.25) is 5.58 Å². The van der Waals surface area contributed by atoms with Crippen LogP contribution in [0.25, 0.3) is 22.1 Å². The summed E-state index contributed by atoms with van der Waals surface area (Å²) in [6, 6.07) is 14.9. The van der Waals surface area contributed by atoms with Crippen molar-refractivity contribution in [3.05, 3.63) is 76.3 Å². The van der Waals surface area contributed by atoms with E-state index in [9.17, 15) is 4.79 Å². The van der Waals surface area contributed by atoms with Crippen molar-refractivity contribution in [3.8, 4) is 0 Å². The Morgan fingerprint density at radius 2 is 1.78 bits per heavy atom. The second kappa shape index (κ2) is 5.37. The minimum atomic E-state index is -0.197. The predicted molar refractivity (Wildman–Crippen MR) is 87.2 cm³/mol. The summed E-state index contributed by atoms with van der Waals surface area (Å²) in [6.45, 7) is 0.414. The third kappa shape index (κ3) is 2.31. The zero-order valence-electron chi connectivity index (χ0n) is 12.3. The van der Waals surface area contributed by atoms with E-state index < -0.39 is 0 Å². The van der Waals surface area contributed by atoms with Gasteiger partial charge in [-0.05, 0) is 23.3 Å². The molecule has 0 aliphatic carbocycles.